The van der Waals surface area contributed by atoms with Crippen LogP contribution < -0.4 is 0 Å². The second kappa shape index (κ2) is 13.8. The van der Waals surface area contributed by atoms with Crippen molar-refractivity contribution in [2.24, 2.45) is 5.92 Å². The molecule has 1 atom stereocenters. The van der Waals surface area contributed by atoms with Crippen LogP contribution in [-0.4, -0.2) is 11.1 Å². The molecule has 2 heteroatoms. The summed E-state index contributed by atoms with van der Waals surface area (Å²) in [4.78, 5) is 10.4. The van der Waals surface area contributed by atoms with Crippen LogP contribution in [0.25, 0.3) is 0 Å². The van der Waals surface area contributed by atoms with Crippen molar-refractivity contribution in [2.45, 2.75) is 103 Å². The molecule has 1 rings (SSSR count). The molecular formula is C20H36O2. The van der Waals surface area contributed by atoms with Crippen molar-refractivity contribution in [3.05, 3.63) is 12.2 Å². The van der Waals surface area contributed by atoms with Gasteiger partial charge in [-0.25, -0.2) is 0 Å². The van der Waals surface area contributed by atoms with E-state index in [-0.39, 0.29) is 0 Å². The van der Waals surface area contributed by atoms with Crippen molar-refractivity contribution in [3.63, 3.8) is 0 Å². The van der Waals surface area contributed by atoms with E-state index in [1.54, 1.807) is 0 Å². The molecular weight excluding hydrogens is 272 g/mol. The summed E-state index contributed by atoms with van der Waals surface area (Å²) in [5.74, 6) is 0.231. The minimum Gasteiger partial charge on any atom is -0.481 e. The maximum Gasteiger partial charge on any atom is 0.303 e. The third-order valence-electron chi connectivity index (χ3n) is 4.82. The number of hydrogen-bond acceptors (Lipinski definition) is 1. The minimum absolute atomic E-state index is 0.344. The second-order valence-electron chi connectivity index (χ2n) is 6.94. The van der Waals surface area contributed by atoms with Crippen LogP contribution in [0, 0.1) is 5.92 Å². The predicted octanol–water partition coefficient (Wildman–Crippen LogP) is 6.50. The normalized spacial score (nSPS) is 17.7. The SMILES string of the molecule is O=C(O)CCCCCCCCCCCCCC1C=CCCC1. The number of aliphatic carboxylic acids is 1. The third kappa shape index (κ3) is 11.8. The lowest BCUT2D eigenvalue weighted by Gasteiger charge is -2.15. The van der Waals surface area contributed by atoms with Crippen molar-refractivity contribution in [1.82, 2.24) is 0 Å². The Morgan fingerprint density at radius 1 is 0.864 bits per heavy atom. The lowest BCUT2D eigenvalue weighted by Crippen LogP contribution is -2.00. The van der Waals surface area contributed by atoms with Gasteiger partial charge < -0.3 is 5.11 Å². The van der Waals surface area contributed by atoms with E-state index < -0.39 is 5.97 Å². The molecule has 1 N–H and O–H groups in total. The lowest BCUT2D eigenvalue weighted by atomic mass is 9.91. The summed E-state index contributed by atoms with van der Waals surface area (Å²) in [5, 5.41) is 8.55. The van der Waals surface area contributed by atoms with Gasteiger partial charge in [-0.2, -0.15) is 0 Å². The lowest BCUT2D eigenvalue weighted by molar-refractivity contribution is -0.137. The molecule has 0 radical (unpaired) electrons. The quantitative estimate of drug-likeness (QED) is 0.294. The zero-order chi connectivity index (χ0) is 15.9. The first-order valence-corrected chi connectivity index (χ1v) is 9.67. The monoisotopic (exact) mass is 308 g/mol. The highest BCUT2D eigenvalue weighted by Crippen LogP contribution is 2.23. The van der Waals surface area contributed by atoms with Gasteiger partial charge in [0, 0.05) is 6.42 Å². The van der Waals surface area contributed by atoms with E-state index in [1.807, 2.05) is 0 Å². The molecule has 0 aliphatic heterocycles. The summed E-state index contributed by atoms with van der Waals surface area (Å²) in [5.41, 5.74) is 0. The Balaban J connectivity index is 1.72. The summed E-state index contributed by atoms with van der Waals surface area (Å²) in [6.07, 6.45) is 24.9. The van der Waals surface area contributed by atoms with Crippen LogP contribution in [0.5, 0.6) is 0 Å². The molecule has 0 aromatic carbocycles. The first-order chi connectivity index (χ1) is 10.8. The molecule has 22 heavy (non-hydrogen) atoms. The van der Waals surface area contributed by atoms with Crippen molar-refractivity contribution in [2.75, 3.05) is 0 Å². The van der Waals surface area contributed by atoms with Crippen LogP contribution in [-0.2, 0) is 4.79 Å². The van der Waals surface area contributed by atoms with Gasteiger partial charge in [0.15, 0.2) is 0 Å². The Bertz CT molecular complexity index is 296. The van der Waals surface area contributed by atoms with Crippen LogP contribution in [0.1, 0.15) is 103 Å². The van der Waals surface area contributed by atoms with Crippen molar-refractivity contribution < 1.29 is 9.90 Å². The third-order valence-corrected chi connectivity index (χ3v) is 4.82. The topological polar surface area (TPSA) is 37.3 Å². The van der Waals surface area contributed by atoms with E-state index in [1.165, 1.54) is 83.5 Å². The van der Waals surface area contributed by atoms with E-state index in [2.05, 4.69) is 12.2 Å². The van der Waals surface area contributed by atoms with E-state index >= 15 is 0 Å². The van der Waals surface area contributed by atoms with Gasteiger partial charge in [-0.1, -0.05) is 76.4 Å². The fraction of sp³-hybridized carbons (Fsp3) is 0.850. The van der Waals surface area contributed by atoms with Crippen molar-refractivity contribution in [1.29, 1.82) is 0 Å². The van der Waals surface area contributed by atoms with Crippen molar-refractivity contribution >= 4 is 5.97 Å². The maximum absolute atomic E-state index is 10.4. The van der Waals surface area contributed by atoms with Crippen LogP contribution >= 0.6 is 0 Å². The maximum atomic E-state index is 10.4. The molecule has 0 aromatic rings. The van der Waals surface area contributed by atoms with Crippen LogP contribution in [0.15, 0.2) is 12.2 Å². The van der Waals surface area contributed by atoms with Crippen molar-refractivity contribution in [3.8, 4) is 0 Å². The van der Waals surface area contributed by atoms with E-state index in [0.29, 0.717) is 6.42 Å². The van der Waals surface area contributed by atoms with Gasteiger partial charge in [0.2, 0.25) is 0 Å². The van der Waals surface area contributed by atoms with E-state index in [4.69, 9.17) is 5.11 Å². The van der Waals surface area contributed by atoms with E-state index in [9.17, 15) is 4.79 Å². The highest BCUT2D eigenvalue weighted by Gasteiger charge is 2.07. The summed E-state index contributed by atoms with van der Waals surface area (Å²) in [6, 6.07) is 0. The largest absolute Gasteiger partial charge is 0.481 e. The summed E-state index contributed by atoms with van der Waals surface area (Å²) >= 11 is 0. The van der Waals surface area contributed by atoms with Crippen LogP contribution in [0.3, 0.4) is 0 Å². The molecule has 0 spiro atoms. The smallest absolute Gasteiger partial charge is 0.303 e. The first kappa shape index (κ1) is 19.3. The molecule has 0 saturated carbocycles. The molecule has 0 fully saturated rings. The number of carboxylic acid groups (broad SMARTS) is 1. The molecule has 1 unspecified atom stereocenters. The Morgan fingerprint density at radius 3 is 1.91 bits per heavy atom. The zero-order valence-electron chi connectivity index (χ0n) is 14.4. The Kier molecular flexibility index (Phi) is 12.1. The number of carbonyl (C=O) groups is 1. The molecule has 128 valence electrons. The number of allylic oxidation sites excluding steroid dienone is 2. The molecule has 1 aliphatic rings. The summed E-state index contributed by atoms with van der Waals surface area (Å²) < 4.78 is 0. The highest BCUT2D eigenvalue weighted by molar-refractivity contribution is 5.66. The average Bonchev–Trinajstić information content (AvgIpc) is 2.52. The standard InChI is InChI=1S/C20H36O2/c21-20(22)18-14-9-7-5-3-1-2-4-6-8-11-15-19-16-12-10-13-17-19/h12,16,19H,1-11,13-15,17-18H2,(H,21,22). The Labute approximate surface area is 137 Å². The molecule has 0 amide bonds. The first-order valence-electron chi connectivity index (χ1n) is 9.67. The Hall–Kier alpha value is -0.790. The van der Waals surface area contributed by atoms with Gasteiger partial charge in [0.1, 0.15) is 0 Å². The summed E-state index contributed by atoms with van der Waals surface area (Å²) in [7, 11) is 0. The highest BCUT2D eigenvalue weighted by atomic mass is 16.4. The van der Waals surface area contributed by atoms with Gasteiger partial charge in [0.25, 0.3) is 0 Å². The Morgan fingerprint density at radius 2 is 1.41 bits per heavy atom. The zero-order valence-corrected chi connectivity index (χ0v) is 14.4. The number of rotatable bonds is 14. The molecule has 1 aliphatic carbocycles. The van der Waals surface area contributed by atoms with Crippen LogP contribution in [0.2, 0.25) is 0 Å². The molecule has 0 saturated heterocycles. The van der Waals surface area contributed by atoms with Gasteiger partial charge >= 0.3 is 5.97 Å². The fourth-order valence-corrected chi connectivity index (χ4v) is 3.40. The molecule has 0 bridgehead atoms. The van der Waals surface area contributed by atoms with Gasteiger partial charge in [-0.05, 0) is 38.0 Å². The number of unbranched alkanes of at least 4 members (excludes halogenated alkanes) is 10. The van der Waals surface area contributed by atoms with Gasteiger partial charge in [-0.15, -0.1) is 0 Å². The van der Waals surface area contributed by atoms with Gasteiger partial charge in [-0.3, -0.25) is 4.79 Å². The number of carboxylic acids is 1. The minimum atomic E-state index is -0.653. The molecule has 0 aromatic heterocycles. The van der Waals surface area contributed by atoms with Crippen LogP contribution in [0.4, 0.5) is 0 Å². The number of hydrogen-bond donors (Lipinski definition) is 1. The average molecular weight is 309 g/mol. The predicted molar refractivity (Wildman–Crippen MR) is 94.1 cm³/mol. The van der Waals surface area contributed by atoms with Gasteiger partial charge in [0.05, 0.1) is 0 Å². The summed E-state index contributed by atoms with van der Waals surface area (Å²) in [6.45, 7) is 0. The molecule has 2 nitrogen and oxygen atoms in total. The second-order valence-corrected chi connectivity index (χ2v) is 6.94. The molecule has 0 heterocycles. The van der Waals surface area contributed by atoms with E-state index in [0.717, 1.165) is 18.8 Å². The fourth-order valence-electron chi connectivity index (χ4n) is 3.40.